The van der Waals surface area contributed by atoms with E-state index in [0.29, 0.717) is 12.2 Å². The third-order valence-corrected chi connectivity index (χ3v) is 3.60. The zero-order valence-corrected chi connectivity index (χ0v) is 12.1. The largest absolute Gasteiger partial charge is 0.478 e. The van der Waals surface area contributed by atoms with Gasteiger partial charge in [-0.15, -0.1) is 0 Å². The van der Waals surface area contributed by atoms with Gasteiger partial charge in [0.2, 0.25) is 0 Å². The van der Waals surface area contributed by atoms with Crippen molar-refractivity contribution in [2.75, 3.05) is 11.9 Å². The second kappa shape index (κ2) is 6.92. The Morgan fingerprint density at radius 1 is 1.33 bits per heavy atom. The standard InChI is InChI=1S/C16H20N2O3/c1-11-6-7-13(15(19)20)10-14(11)18-16(21)17-9-8-12-4-2-3-5-12/h4,6-7,10H,2-3,5,8-9H2,1H3,(H,19,20)(H2,17,18,21). The lowest BCUT2D eigenvalue weighted by atomic mass is 10.1. The van der Waals surface area contributed by atoms with Crippen LogP contribution in [0, 0.1) is 6.92 Å². The first-order chi connectivity index (χ1) is 10.1. The fourth-order valence-corrected chi connectivity index (χ4v) is 2.36. The van der Waals surface area contributed by atoms with Crippen LogP contribution in [0.25, 0.3) is 0 Å². The van der Waals surface area contributed by atoms with Crippen LogP contribution >= 0.6 is 0 Å². The zero-order chi connectivity index (χ0) is 15.2. The summed E-state index contributed by atoms with van der Waals surface area (Å²) >= 11 is 0. The Hall–Kier alpha value is -2.30. The number of hydrogen-bond donors (Lipinski definition) is 3. The molecule has 1 aliphatic rings. The molecular formula is C16H20N2O3. The van der Waals surface area contributed by atoms with Crippen molar-refractivity contribution in [3.63, 3.8) is 0 Å². The van der Waals surface area contributed by atoms with Crippen molar-refractivity contribution < 1.29 is 14.7 Å². The number of benzene rings is 1. The van der Waals surface area contributed by atoms with Crippen LogP contribution in [0.4, 0.5) is 10.5 Å². The van der Waals surface area contributed by atoms with Crippen LogP contribution in [0.5, 0.6) is 0 Å². The maximum Gasteiger partial charge on any atom is 0.335 e. The fourth-order valence-electron chi connectivity index (χ4n) is 2.36. The van der Waals surface area contributed by atoms with Crippen LogP contribution < -0.4 is 10.6 Å². The number of aryl methyl sites for hydroxylation is 1. The van der Waals surface area contributed by atoms with Gasteiger partial charge in [0.1, 0.15) is 0 Å². The summed E-state index contributed by atoms with van der Waals surface area (Å²) in [6.07, 6.45) is 6.59. The molecule has 5 heteroatoms. The molecule has 0 saturated heterocycles. The van der Waals surface area contributed by atoms with E-state index in [0.717, 1.165) is 24.8 Å². The summed E-state index contributed by atoms with van der Waals surface area (Å²) in [5.74, 6) is -1.01. The lowest BCUT2D eigenvalue weighted by Crippen LogP contribution is -2.30. The predicted octanol–water partition coefficient (Wildman–Crippen LogP) is 3.32. The zero-order valence-electron chi connectivity index (χ0n) is 12.1. The molecule has 0 unspecified atom stereocenters. The Labute approximate surface area is 124 Å². The van der Waals surface area contributed by atoms with E-state index in [1.165, 1.54) is 24.1 Å². The first kappa shape index (κ1) is 15.1. The van der Waals surface area contributed by atoms with Gasteiger partial charge in [0, 0.05) is 12.2 Å². The highest BCUT2D eigenvalue weighted by atomic mass is 16.4. The summed E-state index contributed by atoms with van der Waals surface area (Å²) in [5, 5.41) is 14.5. The maximum atomic E-state index is 11.8. The molecule has 2 amide bonds. The van der Waals surface area contributed by atoms with Crippen molar-refractivity contribution in [2.24, 2.45) is 0 Å². The lowest BCUT2D eigenvalue weighted by molar-refractivity contribution is 0.0697. The van der Waals surface area contributed by atoms with Crippen LogP contribution in [-0.2, 0) is 0 Å². The fraction of sp³-hybridized carbons (Fsp3) is 0.375. The van der Waals surface area contributed by atoms with Gasteiger partial charge in [0.15, 0.2) is 0 Å². The molecule has 112 valence electrons. The van der Waals surface area contributed by atoms with Crippen molar-refractivity contribution in [1.82, 2.24) is 5.32 Å². The Balaban J connectivity index is 1.86. The average Bonchev–Trinajstić information content (AvgIpc) is 2.94. The predicted molar refractivity (Wildman–Crippen MR) is 81.7 cm³/mol. The van der Waals surface area contributed by atoms with Crippen LogP contribution in [-0.4, -0.2) is 23.7 Å². The first-order valence-electron chi connectivity index (χ1n) is 7.13. The second-order valence-corrected chi connectivity index (χ2v) is 5.22. The minimum Gasteiger partial charge on any atom is -0.478 e. The van der Waals surface area contributed by atoms with Gasteiger partial charge in [0.05, 0.1) is 5.56 Å². The number of rotatable bonds is 5. The quantitative estimate of drug-likeness (QED) is 0.727. The minimum atomic E-state index is -1.01. The number of nitrogens with one attached hydrogen (secondary N) is 2. The van der Waals surface area contributed by atoms with E-state index in [-0.39, 0.29) is 11.6 Å². The second-order valence-electron chi connectivity index (χ2n) is 5.22. The van der Waals surface area contributed by atoms with Gasteiger partial charge in [-0.05, 0) is 50.3 Å². The van der Waals surface area contributed by atoms with E-state index in [4.69, 9.17) is 5.11 Å². The van der Waals surface area contributed by atoms with Crippen molar-refractivity contribution >= 4 is 17.7 Å². The van der Waals surface area contributed by atoms with Crippen molar-refractivity contribution in [3.05, 3.63) is 41.0 Å². The number of urea groups is 1. The summed E-state index contributed by atoms with van der Waals surface area (Å²) in [7, 11) is 0. The van der Waals surface area contributed by atoms with Crippen molar-refractivity contribution in [1.29, 1.82) is 0 Å². The van der Waals surface area contributed by atoms with Gasteiger partial charge in [-0.2, -0.15) is 0 Å². The average molecular weight is 288 g/mol. The molecule has 0 spiro atoms. The van der Waals surface area contributed by atoms with Gasteiger partial charge in [-0.25, -0.2) is 9.59 Å². The molecule has 0 bridgehead atoms. The highest BCUT2D eigenvalue weighted by Crippen LogP contribution is 2.20. The van der Waals surface area contributed by atoms with E-state index in [2.05, 4.69) is 16.7 Å². The number of carbonyl (C=O) groups is 2. The highest BCUT2D eigenvalue weighted by Gasteiger charge is 2.09. The Kier molecular flexibility index (Phi) is 4.98. The van der Waals surface area contributed by atoms with Gasteiger partial charge in [-0.1, -0.05) is 17.7 Å². The first-order valence-corrected chi connectivity index (χ1v) is 7.13. The van der Waals surface area contributed by atoms with E-state index in [1.807, 2.05) is 6.92 Å². The lowest BCUT2D eigenvalue weighted by Gasteiger charge is -2.11. The van der Waals surface area contributed by atoms with Gasteiger partial charge in [0.25, 0.3) is 0 Å². The molecule has 0 fully saturated rings. The molecule has 0 aromatic heterocycles. The van der Waals surface area contributed by atoms with Crippen LogP contribution in [0.15, 0.2) is 29.8 Å². The molecule has 0 radical (unpaired) electrons. The number of carboxylic acids is 1. The SMILES string of the molecule is Cc1ccc(C(=O)O)cc1NC(=O)NCCC1=CCCC1. The number of amides is 2. The monoisotopic (exact) mass is 288 g/mol. The van der Waals surface area contributed by atoms with E-state index >= 15 is 0 Å². The molecule has 0 heterocycles. The van der Waals surface area contributed by atoms with Crippen LogP contribution in [0.3, 0.4) is 0 Å². The molecule has 0 atom stereocenters. The number of anilines is 1. The Morgan fingerprint density at radius 3 is 2.81 bits per heavy atom. The summed E-state index contributed by atoms with van der Waals surface area (Å²) in [5.41, 5.74) is 2.91. The molecular weight excluding hydrogens is 268 g/mol. The number of allylic oxidation sites excluding steroid dienone is 1. The molecule has 21 heavy (non-hydrogen) atoms. The van der Waals surface area contributed by atoms with Gasteiger partial charge < -0.3 is 15.7 Å². The molecule has 3 N–H and O–H groups in total. The third-order valence-electron chi connectivity index (χ3n) is 3.60. The topological polar surface area (TPSA) is 78.4 Å². The van der Waals surface area contributed by atoms with E-state index in [1.54, 1.807) is 6.07 Å². The molecule has 1 aromatic carbocycles. The summed E-state index contributed by atoms with van der Waals surface area (Å²) in [6.45, 7) is 2.42. The summed E-state index contributed by atoms with van der Waals surface area (Å²) in [6, 6.07) is 4.37. The Morgan fingerprint density at radius 2 is 2.14 bits per heavy atom. The number of carboxylic acid groups (broad SMARTS) is 1. The van der Waals surface area contributed by atoms with Gasteiger partial charge in [-0.3, -0.25) is 0 Å². The Bertz CT molecular complexity index is 579. The van der Waals surface area contributed by atoms with Crippen LogP contribution in [0.1, 0.15) is 41.6 Å². The summed E-state index contributed by atoms with van der Waals surface area (Å²) < 4.78 is 0. The third kappa shape index (κ3) is 4.34. The minimum absolute atomic E-state index is 0.159. The number of carbonyl (C=O) groups excluding carboxylic acids is 1. The molecule has 1 aliphatic carbocycles. The number of hydrogen-bond acceptors (Lipinski definition) is 2. The molecule has 0 aliphatic heterocycles. The van der Waals surface area contributed by atoms with Crippen molar-refractivity contribution in [2.45, 2.75) is 32.6 Å². The van der Waals surface area contributed by atoms with Crippen molar-refractivity contribution in [3.8, 4) is 0 Å². The molecule has 2 rings (SSSR count). The van der Waals surface area contributed by atoms with E-state index < -0.39 is 5.97 Å². The maximum absolute atomic E-state index is 11.8. The van der Waals surface area contributed by atoms with E-state index in [9.17, 15) is 9.59 Å². The normalized spacial score (nSPS) is 13.7. The smallest absolute Gasteiger partial charge is 0.335 e. The van der Waals surface area contributed by atoms with Crippen LogP contribution in [0.2, 0.25) is 0 Å². The summed E-state index contributed by atoms with van der Waals surface area (Å²) in [4.78, 5) is 22.8. The number of aromatic carboxylic acids is 1. The molecule has 0 saturated carbocycles. The molecule has 5 nitrogen and oxygen atoms in total. The van der Waals surface area contributed by atoms with Gasteiger partial charge >= 0.3 is 12.0 Å². The molecule has 1 aromatic rings. The highest BCUT2D eigenvalue weighted by molar-refractivity contribution is 5.93.